The van der Waals surface area contributed by atoms with Crippen LogP contribution in [0.2, 0.25) is 5.02 Å². The number of benzene rings is 2. The van der Waals surface area contributed by atoms with E-state index in [0.717, 1.165) is 42.5 Å². The third-order valence-electron chi connectivity index (χ3n) is 3.28. The van der Waals surface area contributed by atoms with Gasteiger partial charge < -0.3 is 10.1 Å². The molecule has 0 unspecified atom stereocenters. The van der Waals surface area contributed by atoms with Crippen LogP contribution in [0.25, 0.3) is 0 Å². The average molecular weight is 459 g/mol. The number of sulfonamides is 1. The highest BCUT2D eigenvalue weighted by molar-refractivity contribution is 7.92. The summed E-state index contributed by atoms with van der Waals surface area (Å²) in [7, 11) is -4.15. The van der Waals surface area contributed by atoms with Gasteiger partial charge >= 0.3 is 12.8 Å². The summed E-state index contributed by atoms with van der Waals surface area (Å²) < 4.78 is 91.8. The van der Waals surface area contributed by atoms with Gasteiger partial charge in [-0.25, -0.2) is 8.42 Å². The Morgan fingerprint density at radius 2 is 1.72 bits per heavy atom. The van der Waals surface area contributed by atoms with E-state index in [9.17, 15) is 35.2 Å². The zero-order chi connectivity index (χ0) is 21.8. The van der Waals surface area contributed by atoms with E-state index < -0.39 is 35.3 Å². The molecule has 0 fully saturated rings. The van der Waals surface area contributed by atoms with E-state index in [2.05, 4.69) is 9.46 Å². The molecule has 158 valence electrons. The number of nitrogens with one attached hydrogen (secondary N) is 2. The van der Waals surface area contributed by atoms with Crippen molar-refractivity contribution in [3.05, 3.63) is 53.1 Å². The summed E-state index contributed by atoms with van der Waals surface area (Å²) in [6, 6.07) is 7.33. The molecule has 2 aromatic carbocycles. The fourth-order valence-corrected chi connectivity index (χ4v) is 3.31. The molecule has 0 aliphatic rings. The van der Waals surface area contributed by atoms with E-state index in [1.807, 2.05) is 0 Å². The van der Waals surface area contributed by atoms with Gasteiger partial charge in [0, 0.05) is 5.56 Å². The van der Waals surface area contributed by atoms with Crippen LogP contribution in [0.1, 0.15) is 10.4 Å². The van der Waals surface area contributed by atoms with Crippen LogP contribution in [0.15, 0.2) is 47.4 Å². The van der Waals surface area contributed by atoms with Crippen LogP contribution in [0.4, 0.5) is 27.6 Å². The molecule has 2 N–H and O–H groups in total. The van der Waals surface area contributed by atoms with Gasteiger partial charge in [0.2, 0.25) is 0 Å². The van der Waals surface area contributed by atoms with Crippen LogP contribution in [0.3, 0.4) is 0 Å². The van der Waals surface area contributed by atoms with Gasteiger partial charge in [-0.05, 0) is 42.5 Å². The number of carbonyl (C=O) groups is 1. The lowest BCUT2D eigenvalue weighted by atomic mass is 10.2. The van der Waals surface area contributed by atoms with Crippen molar-refractivity contribution in [3.8, 4) is 5.75 Å². The molecule has 0 aromatic heterocycles. The lowest BCUT2D eigenvalue weighted by Gasteiger charge is -2.12. The molecule has 1 amide bonds. The average Bonchev–Trinajstić information content (AvgIpc) is 2.61. The van der Waals surface area contributed by atoms with E-state index in [1.54, 1.807) is 5.32 Å². The fraction of sp³-hybridized carbons (Fsp3) is 0.188. The van der Waals surface area contributed by atoms with Gasteiger partial charge in [-0.2, -0.15) is 22.0 Å². The molecular weight excluding hydrogens is 447 g/mol. The summed E-state index contributed by atoms with van der Waals surface area (Å²) in [6.07, 6.45) is -4.58. The third-order valence-corrected chi connectivity index (χ3v) is 4.97. The number of amides is 1. The zero-order valence-corrected chi connectivity index (χ0v) is 15.7. The lowest BCUT2D eigenvalue weighted by Crippen LogP contribution is -2.33. The second-order valence-electron chi connectivity index (χ2n) is 5.45. The Hall–Kier alpha value is -2.60. The van der Waals surface area contributed by atoms with Crippen molar-refractivity contribution in [2.45, 2.75) is 17.7 Å². The molecule has 29 heavy (non-hydrogen) atoms. The van der Waals surface area contributed by atoms with Crippen LogP contribution in [0, 0.1) is 0 Å². The van der Waals surface area contributed by atoms with E-state index in [0.29, 0.717) is 0 Å². The standard InChI is InChI=1S/C16H12ClF5N2O4S/c17-12-7-10(3-6-13(12)28-15(18)19)24-29(26,27)11-4-1-9(2-5-11)14(25)23-8-16(20,21)22/h1-7,15,24H,8H2,(H,23,25). The summed E-state index contributed by atoms with van der Waals surface area (Å²) in [6.45, 7) is -4.64. The smallest absolute Gasteiger partial charge is 0.405 e. The van der Waals surface area contributed by atoms with Crippen molar-refractivity contribution in [3.63, 3.8) is 0 Å². The van der Waals surface area contributed by atoms with E-state index in [1.165, 1.54) is 0 Å². The Morgan fingerprint density at radius 1 is 1.10 bits per heavy atom. The Morgan fingerprint density at radius 3 is 2.24 bits per heavy atom. The SMILES string of the molecule is O=C(NCC(F)(F)F)c1ccc(S(=O)(=O)Nc2ccc(OC(F)F)c(Cl)c2)cc1. The van der Waals surface area contributed by atoms with Crippen LogP contribution >= 0.6 is 11.6 Å². The Balaban J connectivity index is 2.11. The van der Waals surface area contributed by atoms with E-state index in [-0.39, 0.29) is 26.9 Å². The Bertz CT molecular complexity index is 982. The van der Waals surface area contributed by atoms with Crippen molar-refractivity contribution < 1.29 is 39.9 Å². The van der Waals surface area contributed by atoms with Crippen molar-refractivity contribution in [2.75, 3.05) is 11.3 Å². The van der Waals surface area contributed by atoms with Crippen LogP contribution in [-0.4, -0.2) is 33.7 Å². The van der Waals surface area contributed by atoms with Crippen LogP contribution in [-0.2, 0) is 10.0 Å². The number of anilines is 1. The molecule has 0 bridgehead atoms. The molecule has 2 rings (SSSR count). The van der Waals surface area contributed by atoms with Gasteiger partial charge in [0.1, 0.15) is 12.3 Å². The summed E-state index contributed by atoms with van der Waals surface area (Å²) >= 11 is 5.75. The van der Waals surface area contributed by atoms with Crippen molar-refractivity contribution >= 4 is 33.2 Å². The highest BCUT2D eigenvalue weighted by atomic mass is 35.5. The highest BCUT2D eigenvalue weighted by Gasteiger charge is 2.28. The first-order valence-corrected chi connectivity index (χ1v) is 9.46. The van der Waals surface area contributed by atoms with E-state index >= 15 is 0 Å². The first-order valence-electron chi connectivity index (χ1n) is 7.59. The molecule has 0 heterocycles. The van der Waals surface area contributed by atoms with Gasteiger partial charge in [0.25, 0.3) is 15.9 Å². The van der Waals surface area contributed by atoms with Crippen LogP contribution < -0.4 is 14.8 Å². The van der Waals surface area contributed by atoms with Crippen molar-refractivity contribution in [1.29, 1.82) is 0 Å². The largest absolute Gasteiger partial charge is 0.433 e. The molecule has 2 aromatic rings. The first-order chi connectivity index (χ1) is 13.4. The predicted octanol–water partition coefficient (Wildman–Crippen LogP) is 4.03. The fourth-order valence-electron chi connectivity index (χ4n) is 2.04. The van der Waals surface area contributed by atoms with Crippen molar-refractivity contribution in [1.82, 2.24) is 5.32 Å². The number of hydrogen-bond donors (Lipinski definition) is 2. The molecule has 0 spiro atoms. The molecule has 0 saturated heterocycles. The highest BCUT2D eigenvalue weighted by Crippen LogP contribution is 2.30. The normalized spacial score (nSPS) is 12.0. The summed E-state index contributed by atoms with van der Waals surface area (Å²) in [5.41, 5.74) is -0.228. The van der Waals surface area contributed by atoms with Crippen molar-refractivity contribution in [2.24, 2.45) is 0 Å². The first kappa shape index (κ1) is 22.7. The molecule has 0 atom stereocenters. The summed E-state index contributed by atoms with van der Waals surface area (Å²) in [4.78, 5) is 11.3. The molecule has 0 aliphatic carbocycles. The third kappa shape index (κ3) is 6.75. The Labute approximate surface area is 166 Å². The molecule has 0 saturated carbocycles. The van der Waals surface area contributed by atoms with Gasteiger partial charge in [-0.1, -0.05) is 11.6 Å². The number of halogens is 6. The molecule has 0 aliphatic heterocycles. The van der Waals surface area contributed by atoms with Crippen LogP contribution in [0.5, 0.6) is 5.75 Å². The quantitative estimate of drug-likeness (QED) is 0.613. The number of carbonyl (C=O) groups excluding carboxylic acids is 1. The number of ether oxygens (including phenoxy) is 1. The topological polar surface area (TPSA) is 84.5 Å². The minimum absolute atomic E-state index is 0.0522. The lowest BCUT2D eigenvalue weighted by molar-refractivity contribution is -0.123. The zero-order valence-electron chi connectivity index (χ0n) is 14.1. The second-order valence-corrected chi connectivity index (χ2v) is 7.54. The maximum absolute atomic E-state index is 12.4. The number of hydrogen-bond acceptors (Lipinski definition) is 4. The second kappa shape index (κ2) is 8.82. The Kier molecular flexibility index (Phi) is 6.90. The maximum Gasteiger partial charge on any atom is 0.405 e. The molecular formula is C16H12ClF5N2O4S. The minimum atomic E-state index is -4.58. The van der Waals surface area contributed by atoms with E-state index in [4.69, 9.17) is 11.6 Å². The van der Waals surface area contributed by atoms with Gasteiger partial charge in [0.05, 0.1) is 15.6 Å². The number of alkyl halides is 5. The predicted molar refractivity (Wildman–Crippen MR) is 93.7 cm³/mol. The van der Waals surface area contributed by atoms with Gasteiger partial charge in [-0.3, -0.25) is 9.52 Å². The molecule has 6 nitrogen and oxygen atoms in total. The minimum Gasteiger partial charge on any atom is -0.433 e. The monoisotopic (exact) mass is 458 g/mol. The maximum atomic E-state index is 12.4. The summed E-state index contributed by atoms with van der Waals surface area (Å²) in [5.74, 6) is -1.38. The van der Waals surface area contributed by atoms with Gasteiger partial charge in [-0.15, -0.1) is 0 Å². The van der Waals surface area contributed by atoms with Gasteiger partial charge in [0.15, 0.2) is 0 Å². The summed E-state index contributed by atoms with van der Waals surface area (Å²) in [5, 5.41) is 1.39. The molecule has 13 heteroatoms. The number of rotatable bonds is 7. The molecule has 0 radical (unpaired) electrons.